The number of pyridine rings is 3. The number of halogens is 1. The van der Waals surface area contributed by atoms with Gasteiger partial charge in [-0.3, -0.25) is 19.7 Å². The van der Waals surface area contributed by atoms with Gasteiger partial charge in [0, 0.05) is 79.1 Å². The predicted molar refractivity (Wildman–Crippen MR) is 151 cm³/mol. The van der Waals surface area contributed by atoms with Gasteiger partial charge in [-0.1, -0.05) is 0 Å². The molecule has 1 aliphatic heterocycles. The molecule has 6 rings (SSSR count). The van der Waals surface area contributed by atoms with Crippen LogP contribution in [0.3, 0.4) is 0 Å². The van der Waals surface area contributed by atoms with E-state index >= 15 is 0 Å². The molecule has 2 aliphatic rings. The normalized spacial score (nSPS) is 17.7. The summed E-state index contributed by atoms with van der Waals surface area (Å²) in [5, 5.41) is 10.4. The minimum atomic E-state index is -0.766. The van der Waals surface area contributed by atoms with Gasteiger partial charge in [0.15, 0.2) is 17.0 Å². The van der Waals surface area contributed by atoms with E-state index in [-0.39, 0.29) is 17.5 Å². The Bertz CT molecular complexity index is 1560. The molecule has 3 aromatic heterocycles. The molecule has 0 unspecified atom stereocenters. The van der Waals surface area contributed by atoms with E-state index in [1.807, 2.05) is 44.6 Å². The first-order valence-electron chi connectivity index (χ1n) is 13.7. The molecule has 0 radical (unpaired) electrons. The van der Waals surface area contributed by atoms with Gasteiger partial charge in [-0.05, 0) is 75.4 Å². The summed E-state index contributed by atoms with van der Waals surface area (Å²) in [5.74, 6) is -1.19. The molecule has 1 aliphatic carbocycles. The second-order valence-corrected chi connectivity index (χ2v) is 11.1. The standard InChI is InChI=1S/C31H34FN5O2/c1-20-5-6-25(15-34-20)35-11-3-4-26(19-35)36(16-22-9-10-33-21(2)12-22)17-23-18-37(24-7-8-24)29-14-30(38)28(32)13-27(29)31(23)39/h5-6,9-10,12-15,18,24,26,38H,3-4,7-8,11,16-17,19H2,1-2H3/t26-/m0/s1. The van der Waals surface area contributed by atoms with Crippen molar-refractivity contribution in [1.82, 2.24) is 19.4 Å². The third-order valence-corrected chi connectivity index (χ3v) is 8.01. The van der Waals surface area contributed by atoms with Crippen molar-refractivity contribution in [2.24, 2.45) is 0 Å². The number of rotatable bonds is 7. The zero-order chi connectivity index (χ0) is 27.1. The highest BCUT2D eigenvalue weighted by Gasteiger charge is 2.29. The Kier molecular flexibility index (Phi) is 6.81. The molecule has 1 saturated heterocycles. The molecule has 1 aromatic carbocycles. The maximum atomic E-state index is 14.4. The number of hydrogen-bond acceptors (Lipinski definition) is 6. The third-order valence-electron chi connectivity index (χ3n) is 8.01. The number of anilines is 1. The molecule has 1 N–H and O–H groups in total. The van der Waals surface area contributed by atoms with E-state index in [0.717, 1.165) is 61.4 Å². The van der Waals surface area contributed by atoms with Gasteiger partial charge in [0.05, 0.1) is 17.4 Å². The van der Waals surface area contributed by atoms with Crippen molar-refractivity contribution in [2.45, 2.75) is 64.7 Å². The zero-order valence-corrected chi connectivity index (χ0v) is 22.5. The van der Waals surface area contributed by atoms with Crippen LogP contribution in [0.4, 0.5) is 10.1 Å². The van der Waals surface area contributed by atoms with E-state index in [2.05, 4.69) is 36.5 Å². The van der Waals surface area contributed by atoms with Gasteiger partial charge in [-0.15, -0.1) is 0 Å². The Morgan fingerprint density at radius 3 is 2.64 bits per heavy atom. The molecule has 0 spiro atoms. The highest BCUT2D eigenvalue weighted by Crippen LogP contribution is 2.38. The summed E-state index contributed by atoms with van der Waals surface area (Å²) in [4.78, 5) is 27.3. The Hall–Kier alpha value is -3.78. The fraction of sp³-hybridized carbons (Fsp3) is 0.387. The summed E-state index contributed by atoms with van der Waals surface area (Å²) in [6.45, 7) is 6.92. The summed E-state index contributed by atoms with van der Waals surface area (Å²) < 4.78 is 16.5. The largest absolute Gasteiger partial charge is 0.505 e. The number of piperidine rings is 1. The minimum absolute atomic E-state index is 0.174. The second kappa shape index (κ2) is 10.4. The third kappa shape index (κ3) is 5.39. The van der Waals surface area contributed by atoms with Gasteiger partial charge in [0.1, 0.15) is 0 Å². The van der Waals surface area contributed by atoms with Crippen LogP contribution < -0.4 is 10.3 Å². The van der Waals surface area contributed by atoms with Gasteiger partial charge < -0.3 is 14.6 Å². The number of aromatic nitrogens is 3. The second-order valence-electron chi connectivity index (χ2n) is 11.1. The highest BCUT2D eigenvalue weighted by atomic mass is 19.1. The van der Waals surface area contributed by atoms with Crippen LogP contribution in [-0.4, -0.2) is 43.7 Å². The van der Waals surface area contributed by atoms with Crippen molar-refractivity contribution in [3.63, 3.8) is 0 Å². The van der Waals surface area contributed by atoms with E-state index in [1.54, 1.807) is 0 Å². The number of aromatic hydroxyl groups is 1. The van der Waals surface area contributed by atoms with Crippen LogP contribution in [0.2, 0.25) is 0 Å². The molecule has 202 valence electrons. The maximum absolute atomic E-state index is 14.4. The average molecular weight is 528 g/mol. The van der Waals surface area contributed by atoms with Crippen LogP contribution in [0, 0.1) is 19.7 Å². The summed E-state index contributed by atoms with van der Waals surface area (Å²) in [7, 11) is 0. The van der Waals surface area contributed by atoms with Gasteiger partial charge in [0.25, 0.3) is 0 Å². The molecule has 0 amide bonds. The van der Waals surface area contributed by atoms with Crippen LogP contribution in [-0.2, 0) is 13.1 Å². The quantitative estimate of drug-likeness (QED) is 0.354. The SMILES string of the molecule is Cc1ccc(N2CCC[C@H](N(Cc3ccnc(C)c3)Cc3cn(C4CC4)c4cc(O)c(F)cc4c3=O)C2)cn1. The molecule has 1 atom stereocenters. The monoisotopic (exact) mass is 527 g/mol. The van der Waals surface area contributed by atoms with E-state index in [0.29, 0.717) is 29.6 Å². The molecular formula is C31H34FN5O2. The van der Waals surface area contributed by atoms with Gasteiger partial charge in [0.2, 0.25) is 0 Å². The van der Waals surface area contributed by atoms with Crippen molar-refractivity contribution < 1.29 is 9.50 Å². The Morgan fingerprint density at radius 2 is 1.90 bits per heavy atom. The first-order chi connectivity index (χ1) is 18.9. The molecule has 39 heavy (non-hydrogen) atoms. The van der Waals surface area contributed by atoms with Crippen molar-refractivity contribution >= 4 is 16.6 Å². The number of nitrogens with zero attached hydrogens (tertiary/aromatic N) is 5. The first kappa shape index (κ1) is 25.5. The summed E-state index contributed by atoms with van der Waals surface area (Å²) in [6.07, 6.45) is 9.80. The van der Waals surface area contributed by atoms with Crippen LogP contribution in [0.25, 0.3) is 10.9 Å². The molecule has 1 saturated carbocycles. The van der Waals surface area contributed by atoms with Crippen molar-refractivity contribution in [2.75, 3.05) is 18.0 Å². The van der Waals surface area contributed by atoms with Crippen molar-refractivity contribution in [3.8, 4) is 5.75 Å². The molecule has 7 nitrogen and oxygen atoms in total. The topological polar surface area (TPSA) is 74.5 Å². The number of fused-ring (bicyclic) bond motifs is 1. The number of phenols is 1. The fourth-order valence-electron chi connectivity index (χ4n) is 5.79. The molecule has 4 aromatic rings. The zero-order valence-electron chi connectivity index (χ0n) is 22.5. The average Bonchev–Trinajstić information content (AvgIpc) is 3.77. The van der Waals surface area contributed by atoms with Crippen molar-refractivity contribution in [3.05, 3.63) is 93.5 Å². The summed E-state index contributed by atoms with van der Waals surface area (Å²) in [6, 6.07) is 11.4. The van der Waals surface area contributed by atoms with Gasteiger partial charge in [-0.2, -0.15) is 0 Å². The highest BCUT2D eigenvalue weighted by molar-refractivity contribution is 5.81. The Balaban J connectivity index is 1.37. The summed E-state index contributed by atoms with van der Waals surface area (Å²) in [5.41, 5.74) is 5.29. The van der Waals surface area contributed by atoms with Crippen LogP contribution in [0.5, 0.6) is 5.75 Å². The lowest BCUT2D eigenvalue weighted by Gasteiger charge is -2.40. The van der Waals surface area contributed by atoms with Crippen LogP contribution in [0.1, 0.15) is 54.2 Å². The van der Waals surface area contributed by atoms with E-state index < -0.39 is 11.6 Å². The maximum Gasteiger partial charge on any atom is 0.193 e. The lowest BCUT2D eigenvalue weighted by Crippen LogP contribution is -2.48. The van der Waals surface area contributed by atoms with E-state index in [9.17, 15) is 14.3 Å². The minimum Gasteiger partial charge on any atom is -0.505 e. The molecular weight excluding hydrogens is 493 g/mol. The molecule has 8 heteroatoms. The summed E-state index contributed by atoms with van der Waals surface area (Å²) >= 11 is 0. The number of benzene rings is 1. The van der Waals surface area contributed by atoms with Gasteiger partial charge in [-0.25, -0.2) is 4.39 Å². The van der Waals surface area contributed by atoms with E-state index in [4.69, 9.17) is 0 Å². The van der Waals surface area contributed by atoms with Crippen LogP contribution >= 0.6 is 0 Å². The molecule has 4 heterocycles. The predicted octanol–water partition coefficient (Wildman–Crippen LogP) is 5.26. The lowest BCUT2D eigenvalue weighted by molar-refractivity contribution is 0.158. The first-order valence-corrected chi connectivity index (χ1v) is 13.7. The molecule has 0 bridgehead atoms. The number of hydrogen-bond donors (Lipinski definition) is 1. The molecule has 2 fully saturated rings. The van der Waals surface area contributed by atoms with E-state index in [1.165, 1.54) is 12.1 Å². The van der Waals surface area contributed by atoms with Crippen LogP contribution in [0.15, 0.2) is 59.8 Å². The smallest absolute Gasteiger partial charge is 0.193 e. The fourth-order valence-corrected chi connectivity index (χ4v) is 5.79. The number of phenolic OH excluding ortho intramolecular Hbond substituents is 1. The van der Waals surface area contributed by atoms with Crippen molar-refractivity contribution in [1.29, 1.82) is 0 Å². The Labute approximate surface area is 227 Å². The lowest BCUT2D eigenvalue weighted by atomic mass is 10.0. The number of aryl methyl sites for hydroxylation is 2. The van der Waals surface area contributed by atoms with Gasteiger partial charge >= 0.3 is 0 Å². The Morgan fingerprint density at radius 1 is 1.05 bits per heavy atom.